The molecule has 0 aliphatic heterocycles. The second-order valence-electron chi connectivity index (χ2n) is 6.10. The lowest BCUT2D eigenvalue weighted by Crippen LogP contribution is -2.47. The molecular weight excluding hydrogens is 398 g/mol. The Morgan fingerprint density at radius 3 is 2.44 bits per heavy atom. The molecule has 9 nitrogen and oxygen atoms in total. The van der Waals surface area contributed by atoms with Gasteiger partial charge in [0.2, 0.25) is 15.9 Å². The van der Waals surface area contributed by atoms with Gasteiger partial charge in [0.25, 0.3) is 0 Å². The van der Waals surface area contributed by atoms with Crippen molar-refractivity contribution in [2.75, 3.05) is 5.32 Å². The number of benzene rings is 1. The normalized spacial score (nSPS) is 12.8. The zero-order valence-electron chi connectivity index (χ0n) is 14.7. The topological polar surface area (TPSA) is 139 Å². The summed E-state index contributed by atoms with van der Waals surface area (Å²) in [5, 5.41) is 15.1. The number of aromatic nitrogens is 1. The van der Waals surface area contributed by atoms with Crippen LogP contribution in [0.3, 0.4) is 0 Å². The van der Waals surface area contributed by atoms with Gasteiger partial charge in [0.15, 0.2) is 5.82 Å². The highest BCUT2D eigenvalue weighted by Crippen LogP contribution is 2.21. The van der Waals surface area contributed by atoms with Crippen molar-refractivity contribution in [1.29, 1.82) is 0 Å². The van der Waals surface area contributed by atoms with E-state index < -0.39 is 33.9 Å². The van der Waals surface area contributed by atoms with Gasteiger partial charge in [-0.1, -0.05) is 30.6 Å². The van der Waals surface area contributed by atoms with Crippen LogP contribution in [0, 0.1) is 12.8 Å². The van der Waals surface area contributed by atoms with Crippen molar-refractivity contribution in [3.8, 4) is 0 Å². The van der Waals surface area contributed by atoms with Crippen LogP contribution in [0.4, 0.5) is 5.82 Å². The van der Waals surface area contributed by atoms with Gasteiger partial charge in [-0.15, -0.1) is 0 Å². The molecule has 1 atom stereocenters. The van der Waals surface area contributed by atoms with Gasteiger partial charge in [0, 0.05) is 6.07 Å². The van der Waals surface area contributed by atoms with Gasteiger partial charge in [-0.05, 0) is 31.0 Å². The first-order chi connectivity index (χ1) is 12.5. The second-order valence-corrected chi connectivity index (χ2v) is 8.22. The summed E-state index contributed by atoms with van der Waals surface area (Å²) in [7, 11) is -4.19. The quantitative estimate of drug-likeness (QED) is 0.630. The Labute approximate surface area is 160 Å². The molecule has 1 aromatic carbocycles. The van der Waals surface area contributed by atoms with Crippen molar-refractivity contribution in [1.82, 2.24) is 9.88 Å². The van der Waals surface area contributed by atoms with Crippen LogP contribution in [0.25, 0.3) is 0 Å². The Balaban J connectivity index is 2.27. The van der Waals surface area contributed by atoms with Crippen LogP contribution >= 0.6 is 11.6 Å². The van der Waals surface area contributed by atoms with Gasteiger partial charge in [-0.2, -0.15) is 4.72 Å². The Morgan fingerprint density at radius 1 is 1.26 bits per heavy atom. The van der Waals surface area contributed by atoms with Crippen LogP contribution in [-0.4, -0.2) is 36.6 Å². The van der Waals surface area contributed by atoms with Crippen LogP contribution in [0.5, 0.6) is 0 Å². The van der Waals surface area contributed by atoms with Crippen molar-refractivity contribution in [2.24, 2.45) is 5.92 Å². The fourth-order valence-corrected chi connectivity index (χ4v) is 3.76. The second kappa shape index (κ2) is 8.07. The molecule has 11 heteroatoms. The van der Waals surface area contributed by atoms with E-state index in [0.717, 1.165) is 12.1 Å². The molecule has 0 unspecified atom stereocenters. The van der Waals surface area contributed by atoms with Crippen LogP contribution in [0.2, 0.25) is 5.02 Å². The summed E-state index contributed by atoms with van der Waals surface area (Å²) in [5.74, 6) is -1.76. The maximum atomic E-state index is 12.6. The van der Waals surface area contributed by atoms with Gasteiger partial charge in [0.1, 0.15) is 11.8 Å². The summed E-state index contributed by atoms with van der Waals surface area (Å²) in [5.41, 5.74) is -0.358. The number of rotatable bonds is 7. The average molecular weight is 416 g/mol. The van der Waals surface area contributed by atoms with Gasteiger partial charge < -0.3 is 14.9 Å². The molecule has 0 saturated heterocycles. The molecule has 2 aromatic rings. The van der Waals surface area contributed by atoms with E-state index in [4.69, 9.17) is 21.2 Å². The minimum Gasteiger partial charge on any atom is -0.478 e. The van der Waals surface area contributed by atoms with Crippen molar-refractivity contribution in [3.05, 3.63) is 40.6 Å². The number of halogens is 1. The number of carbonyl (C=O) groups is 2. The number of amides is 1. The predicted octanol–water partition coefficient (Wildman–Crippen LogP) is 2.28. The van der Waals surface area contributed by atoms with E-state index in [-0.39, 0.29) is 21.3 Å². The summed E-state index contributed by atoms with van der Waals surface area (Å²) in [6.07, 6.45) is 0. The Bertz CT molecular complexity index is 970. The number of hydrogen-bond donors (Lipinski definition) is 3. The minimum absolute atomic E-state index is 0.0963. The molecule has 1 heterocycles. The summed E-state index contributed by atoms with van der Waals surface area (Å²) in [6.45, 7) is 4.96. The summed E-state index contributed by atoms with van der Waals surface area (Å²) < 4.78 is 32.4. The fraction of sp³-hybridized carbons (Fsp3) is 0.312. The number of carboxylic acids is 1. The van der Waals surface area contributed by atoms with Gasteiger partial charge in [0.05, 0.1) is 15.5 Å². The molecule has 0 aliphatic rings. The lowest BCUT2D eigenvalue weighted by Gasteiger charge is -2.21. The van der Waals surface area contributed by atoms with Gasteiger partial charge in [-0.3, -0.25) is 4.79 Å². The van der Waals surface area contributed by atoms with Crippen LogP contribution in [0.15, 0.2) is 33.7 Å². The molecule has 1 amide bonds. The molecule has 0 radical (unpaired) electrons. The molecule has 27 heavy (non-hydrogen) atoms. The van der Waals surface area contributed by atoms with Crippen molar-refractivity contribution >= 4 is 39.3 Å². The lowest BCUT2D eigenvalue weighted by atomic mass is 10.1. The molecule has 2 rings (SSSR count). The largest absolute Gasteiger partial charge is 0.478 e. The molecule has 0 spiro atoms. The Hall–Kier alpha value is -2.43. The van der Waals surface area contributed by atoms with E-state index in [0.29, 0.717) is 5.76 Å². The molecule has 146 valence electrons. The Morgan fingerprint density at radius 2 is 1.93 bits per heavy atom. The maximum Gasteiger partial charge on any atom is 0.337 e. The predicted molar refractivity (Wildman–Crippen MR) is 97.2 cm³/mol. The third-order valence-corrected chi connectivity index (χ3v) is 5.36. The number of sulfonamides is 1. The SMILES string of the molecule is Cc1cc(NC(=O)[C@@H](NS(=O)(=O)c2ccc(Cl)c(C(=O)O)c2)C(C)C)no1. The summed E-state index contributed by atoms with van der Waals surface area (Å²) >= 11 is 5.76. The number of nitrogens with one attached hydrogen (secondary N) is 2. The van der Waals surface area contributed by atoms with Crippen molar-refractivity contribution < 1.29 is 27.6 Å². The van der Waals surface area contributed by atoms with Gasteiger partial charge in [-0.25, -0.2) is 13.2 Å². The van der Waals surface area contributed by atoms with Crippen LogP contribution < -0.4 is 10.0 Å². The highest BCUT2D eigenvalue weighted by molar-refractivity contribution is 7.89. The van der Waals surface area contributed by atoms with E-state index in [2.05, 4.69) is 15.2 Å². The average Bonchev–Trinajstić information content (AvgIpc) is 2.97. The number of carboxylic acid groups (broad SMARTS) is 1. The molecule has 0 fully saturated rings. The van der Waals surface area contributed by atoms with E-state index in [1.165, 1.54) is 12.1 Å². The molecular formula is C16H18ClN3O6S. The van der Waals surface area contributed by atoms with E-state index in [1.807, 2.05) is 0 Å². The number of nitrogens with zero attached hydrogens (tertiary/aromatic N) is 1. The zero-order chi connectivity index (χ0) is 20.4. The highest BCUT2D eigenvalue weighted by Gasteiger charge is 2.29. The van der Waals surface area contributed by atoms with E-state index in [1.54, 1.807) is 20.8 Å². The van der Waals surface area contributed by atoms with Gasteiger partial charge >= 0.3 is 5.97 Å². The third-order valence-electron chi connectivity index (χ3n) is 3.59. The number of aromatic carboxylic acids is 1. The summed E-state index contributed by atoms with van der Waals surface area (Å²) in [4.78, 5) is 23.3. The minimum atomic E-state index is -4.19. The molecule has 0 bridgehead atoms. The first-order valence-corrected chi connectivity index (χ1v) is 9.66. The number of anilines is 1. The van der Waals surface area contributed by atoms with Crippen LogP contribution in [0.1, 0.15) is 30.0 Å². The Kier molecular flexibility index (Phi) is 6.24. The third kappa shape index (κ3) is 5.06. The highest BCUT2D eigenvalue weighted by atomic mass is 35.5. The fourth-order valence-electron chi connectivity index (χ4n) is 2.19. The smallest absolute Gasteiger partial charge is 0.337 e. The monoisotopic (exact) mass is 415 g/mol. The summed E-state index contributed by atoms with van der Waals surface area (Å²) in [6, 6.07) is 3.62. The number of aryl methyl sites for hydroxylation is 1. The number of hydrogen-bond acceptors (Lipinski definition) is 6. The van der Waals surface area contributed by atoms with Crippen molar-refractivity contribution in [3.63, 3.8) is 0 Å². The molecule has 0 saturated carbocycles. The van der Waals surface area contributed by atoms with E-state index in [9.17, 15) is 18.0 Å². The van der Waals surface area contributed by atoms with Crippen LogP contribution in [-0.2, 0) is 14.8 Å². The maximum absolute atomic E-state index is 12.6. The number of carbonyl (C=O) groups excluding carboxylic acids is 1. The standard InChI is InChI=1S/C16H18ClN3O6S/c1-8(2)14(15(21)18-13-6-9(3)26-19-13)20-27(24,25)10-4-5-12(17)11(7-10)16(22)23/h4-8,14,20H,1-3H3,(H,22,23)(H,18,19,21)/t14-/m0/s1. The molecule has 0 aliphatic carbocycles. The molecule has 3 N–H and O–H groups in total. The van der Waals surface area contributed by atoms with Crippen molar-refractivity contribution in [2.45, 2.75) is 31.7 Å². The first kappa shape index (κ1) is 20.9. The zero-order valence-corrected chi connectivity index (χ0v) is 16.3. The molecule has 1 aromatic heterocycles. The lowest BCUT2D eigenvalue weighted by molar-refractivity contribution is -0.118. The first-order valence-electron chi connectivity index (χ1n) is 7.80. The van der Waals surface area contributed by atoms with E-state index >= 15 is 0 Å².